The zero-order valence-corrected chi connectivity index (χ0v) is 33.3. The number of benzene rings is 1. The molecule has 60 heavy (non-hydrogen) atoms. The first-order chi connectivity index (χ1) is 28.6. The molecule has 18 heteroatoms. The van der Waals surface area contributed by atoms with Gasteiger partial charge in [0.15, 0.2) is 0 Å². The van der Waals surface area contributed by atoms with Gasteiger partial charge in [0.2, 0.25) is 17.7 Å². The molecular weight excluding hydrogens is 787 g/mol. The van der Waals surface area contributed by atoms with Crippen LogP contribution in [0, 0.1) is 0 Å². The lowest BCUT2D eigenvalue weighted by atomic mass is 9.85. The summed E-state index contributed by atoms with van der Waals surface area (Å²) in [4.78, 5) is 62.9. The topological polar surface area (TPSA) is 156 Å². The molecule has 0 spiro atoms. The van der Waals surface area contributed by atoms with Crippen LogP contribution in [0.1, 0.15) is 103 Å². The van der Waals surface area contributed by atoms with Crippen LogP contribution in [0.3, 0.4) is 0 Å². The first-order valence-corrected chi connectivity index (χ1v) is 20.1. The summed E-state index contributed by atoms with van der Waals surface area (Å²) in [6.07, 6.45) is 2.21. The van der Waals surface area contributed by atoms with E-state index in [0.29, 0.717) is 66.7 Å². The summed E-state index contributed by atoms with van der Waals surface area (Å²) < 4.78 is 67.4. The van der Waals surface area contributed by atoms with Gasteiger partial charge in [-0.15, -0.1) is 0 Å². The molecule has 0 bridgehead atoms. The van der Waals surface area contributed by atoms with Gasteiger partial charge >= 0.3 is 0 Å². The number of imidazole rings is 1. The molecule has 3 aliphatic heterocycles. The Kier molecular flexibility index (Phi) is 11.1. The Morgan fingerprint density at radius 3 is 2.50 bits per heavy atom. The van der Waals surface area contributed by atoms with Crippen molar-refractivity contribution in [1.29, 1.82) is 0 Å². The van der Waals surface area contributed by atoms with Crippen LogP contribution in [0.5, 0.6) is 5.75 Å². The van der Waals surface area contributed by atoms with E-state index in [4.69, 9.17) is 9.72 Å². The summed E-state index contributed by atoms with van der Waals surface area (Å²) in [5.41, 5.74) is 2.61. The molecular formula is C42H45F4N9O5. The molecule has 14 nitrogen and oxygen atoms in total. The van der Waals surface area contributed by atoms with Crippen LogP contribution in [-0.2, 0) is 21.4 Å². The van der Waals surface area contributed by atoms with Crippen LogP contribution in [0.2, 0.25) is 0 Å². The van der Waals surface area contributed by atoms with Gasteiger partial charge in [-0.3, -0.25) is 34.1 Å². The van der Waals surface area contributed by atoms with E-state index in [-0.39, 0.29) is 60.4 Å². The Morgan fingerprint density at radius 2 is 1.78 bits per heavy atom. The largest absolute Gasteiger partial charge is 0.490 e. The lowest BCUT2D eigenvalue weighted by Crippen LogP contribution is -2.51. The van der Waals surface area contributed by atoms with E-state index in [1.165, 1.54) is 23.1 Å². The minimum Gasteiger partial charge on any atom is -0.490 e. The van der Waals surface area contributed by atoms with Crippen LogP contribution >= 0.6 is 0 Å². The third-order valence-corrected chi connectivity index (χ3v) is 11.6. The second-order valence-electron chi connectivity index (χ2n) is 16.1. The molecule has 7 heterocycles. The van der Waals surface area contributed by atoms with Gasteiger partial charge in [0, 0.05) is 56.3 Å². The fourth-order valence-corrected chi connectivity index (χ4v) is 8.58. The fraction of sp³-hybridized carbons (Fsp3) is 0.452. The van der Waals surface area contributed by atoms with Crippen LogP contribution in [0.4, 0.5) is 23.4 Å². The average molecular weight is 832 g/mol. The van der Waals surface area contributed by atoms with Gasteiger partial charge in [0.25, 0.3) is 18.3 Å². The summed E-state index contributed by atoms with van der Waals surface area (Å²) >= 11 is 0. The van der Waals surface area contributed by atoms with Gasteiger partial charge in [-0.2, -0.15) is 5.10 Å². The molecule has 5 aromatic rings. The van der Waals surface area contributed by atoms with E-state index in [2.05, 4.69) is 20.7 Å². The number of rotatable bonds is 10. The van der Waals surface area contributed by atoms with Gasteiger partial charge < -0.3 is 19.4 Å². The first kappa shape index (κ1) is 40.9. The summed E-state index contributed by atoms with van der Waals surface area (Å²) in [5.74, 6) is -6.07. The lowest BCUT2D eigenvalue weighted by molar-refractivity contribution is -0.137. The Hall–Kier alpha value is -5.91. The highest BCUT2D eigenvalue weighted by Gasteiger charge is 2.46. The molecule has 2 N–H and O–H groups in total. The van der Waals surface area contributed by atoms with Crippen molar-refractivity contribution >= 4 is 46.0 Å². The highest BCUT2D eigenvalue weighted by Crippen LogP contribution is 2.42. The fourth-order valence-electron chi connectivity index (χ4n) is 8.58. The minimum absolute atomic E-state index is 0.000995. The standard InChI is InChI=1S/C42H45F4N9O5/c1-23(2)60-33-18-35-48-31(20-55(35)19-28(33)41(59)49-34-6-4-5-30(47-34)39(43)44)24-11-15-54(16-12-24)37(57)21-53-14-13-29(42(45,46)22-53)25-7-8-26-32(17-25)52(3)51-38(26)27-9-10-36(56)50-40(27)58/h4-8,17-20,23-24,27,29,39H,9-16,21-22H2,1-3H3,(H,47,49,59)(H,50,56,58). The number of nitrogens with one attached hydrogen (secondary N) is 2. The molecule has 0 radical (unpaired) electrons. The van der Waals surface area contributed by atoms with Crippen LogP contribution < -0.4 is 15.4 Å². The smallest absolute Gasteiger partial charge is 0.280 e. The summed E-state index contributed by atoms with van der Waals surface area (Å²) in [6.45, 7) is 4.11. The molecule has 316 valence electrons. The SMILES string of the molecule is CC(C)Oc1cc2nc(C3CCN(C(=O)CN4CCC(c5ccc6c(C7CCC(=O)NC7=O)nn(C)c6c5)C(F)(F)C4)CC3)cn2cc1C(=O)Nc1cccc(C(F)F)n1. The van der Waals surface area contributed by atoms with Crippen LogP contribution in [0.15, 0.2) is 54.9 Å². The molecule has 2 unspecified atom stereocenters. The van der Waals surface area contributed by atoms with Gasteiger partial charge in [0.05, 0.1) is 53.5 Å². The van der Waals surface area contributed by atoms with Gasteiger partial charge in [-0.25, -0.2) is 27.5 Å². The molecule has 0 aliphatic carbocycles. The summed E-state index contributed by atoms with van der Waals surface area (Å²) in [6, 6.07) is 10.7. The van der Waals surface area contributed by atoms with Gasteiger partial charge in [-0.05, 0) is 69.8 Å². The molecule has 1 aromatic carbocycles. The number of aromatic nitrogens is 5. The van der Waals surface area contributed by atoms with Gasteiger partial charge in [0.1, 0.15) is 22.9 Å². The zero-order chi connectivity index (χ0) is 42.5. The number of aryl methyl sites for hydroxylation is 1. The predicted octanol–water partition coefficient (Wildman–Crippen LogP) is 5.94. The summed E-state index contributed by atoms with van der Waals surface area (Å²) in [5, 5.41) is 10.2. The number of amides is 4. The molecule has 0 saturated carbocycles. The van der Waals surface area contributed by atoms with E-state index in [9.17, 15) is 28.0 Å². The molecule has 4 amide bonds. The predicted molar refractivity (Wildman–Crippen MR) is 211 cm³/mol. The third-order valence-electron chi connectivity index (χ3n) is 11.6. The van der Waals surface area contributed by atoms with Crippen molar-refractivity contribution in [3.8, 4) is 5.75 Å². The van der Waals surface area contributed by atoms with Crippen molar-refractivity contribution in [3.05, 3.63) is 83.1 Å². The number of piperidine rings is 3. The third kappa shape index (κ3) is 8.29. The minimum atomic E-state index is -3.11. The number of carbonyl (C=O) groups excluding carboxylic acids is 4. The Bertz CT molecular complexity index is 2480. The van der Waals surface area contributed by atoms with Crippen molar-refractivity contribution in [2.24, 2.45) is 7.05 Å². The number of imide groups is 1. The van der Waals surface area contributed by atoms with Crippen LogP contribution in [0.25, 0.3) is 16.6 Å². The normalized spacial score (nSPS) is 20.3. The lowest BCUT2D eigenvalue weighted by Gasteiger charge is -2.39. The van der Waals surface area contributed by atoms with Crippen molar-refractivity contribution in [3.63, 3.8) is 0 Å². The Balaban J connectivity index is 0.885. The maximum atomic E-state index is 15.9. The van der Waals surface area contributed by atoms with Gasteiger partial charge in [-0.1, -0.05) is 18.2 Å². The molecule has 3 saturated heterocycles. The average Bonchev–Trinajstić information content (AvgIpc) is 3.77. The maximum Gasteiger partial charge on any atom is 0.280 e. The van der Waals surface area contributed by atoms with E-state index < -0.39 is 48.2 Å². The molecule has 4 aromatic heterocycles. The van der Waals surface area contributed by atoms with Crippen molar-refractivity contribution < 1.29 is 41.5 Å². The molecule has 2 atom stereocenters. The van der Waals surface area contributed by atoms with Crippen molar-refractivity contribution in [2.45, 2.75) is 82.2 Å². The number of hydrogen-bond donors (Lipinski definition) is 2. The number of alkyl halides is 4. The Labute approximate surface area is 342 Å². The van der Waals surface area contributed by atoms with Crippen molar-refractivity contribution in [1.82, 2.24) is 39.3 Å². The number of pyridine rings is 2. The molecule has 3 aliphatic rings. The highest BCUT2D eigenvalue weighted by molar-refractivity contribution is 6.06. The van der Waals surface area contributed by atoms with E-state index in [1.807, 2.05) is 20.0 Å². The number of likely N-dealkylation sites (tertiary alicyclic amines) is 2. The number of carbonyl (C=O) groups is 4. The maximum absolute atomic E-state index is 15.9. The zero-order valence-electron chi connectivity index (χ0n) is 33.3. The molecule has 8 rings (SSSR count). The number of hydrogen-bond acceptors (Lipinski definition) is 9. The quantitative estimate of drug-likeness (QED) is 0.128. The second kappa shape index (κ2) is 16.3. The number of nitrogens with zero attached hydrogens (tertiary/aromatic N) is 7. The van der Waals surface area contributed by atoms with Crippen LogP contribution in [-0.4, -0.2) is 102 Å². The Morgan fingerprint density at radius 1 is 1.00 bits per heavy atom. The molecule has 3 fully saturated rings. The number of halogens is 4. The van der Waals surface area contributed by atoms with Crippen molar-refractivity contribution in [2.75, 3.05) is 38.0 Å². The number of ether oxygens (including phenoxy) is 1. The van der Waals surface area contributed by atoms with E-state index in [1.54, 1.807) is 51.5 Å². The van der Waals surface area contributed by atoms with E-state index >= 15 is 8.78 Å². The second-order valence-corrected chi connectivity index (χ2v) is 16.1. The van der Waals surface area contributed by atoms with E-state index in [0.717, 1.165) is 5.69 Å². The number of fused-ring (bicyclic) bond motifs is 2. The monoisotopic (exact) mass is 831 g/mol. The highest BCUT2D eigenvalue weighted by atomic mass is 19.3. The summed E-state index contributed by atoms with van der Waals surface area (Å²) in [7, 11) is 1.70. The number of anilines is 1. The first-order valence-electron chi connectivity index (χ1n) is 20.1.